The van der Waals surface area contributed by atoms with Gasteiger partial charge in [0.15, 0.2) is 0 Å². The summed E-state index contributed by atoms with van der Waals surface area (Å²) in [6.07, 6.45) is 3.88. The Morgan fingerprint density at radius 2 is 2.35 bits per heavy atom. The van der Waals surface area contributed by atoms with Gasteiger partial charge in [0.2, 0.25) is 0 Å². The minimum atomic E-state index is -0.0440. The third-order valence-electron chi connectivity index (χ3n) is 3.67. The zero-order valence-electron chi connectivity index (χ0n) is 11.5. The van der Waals surface area contributed by atoms with Crippen molar-refractivity contribution in [1.29, 1.82) is 0 Å². The van der Waals surface area contributed by atoms with E-state index in [-0.39, 0.29) is 5.91 Å². The highest BCUT2D eigenvalue weighted by Gasteiger charge is 2.17. The van der Waals surface area contributed by atoms with Crippen molar-refractivity contribution >= 4 is 11.6 Å². The molecule has 0 unspecified atom stereocenters. The molecule has 1 amide bonds. The number of nitrogens with zero attached hydrogens (tertiary/aromatic N) is 2. The largest absolute Gasteiger partial charge is 0.384 e. The lowest BCUT2D eigenvalue weighted by atomic mass is 9.99. The van der Waals surface area contributed by atoms with E-state index in [1.54, 1.807) is 10.9 Å². The molecule has 3 rings (SSSR count). The first kappa shape index (κ1) is 12.7. The molecule has 0 bridgehead atoms. The predicted octanol–water partition coefficient (Wildman–Crippen LogP) is 1.71. The number of anilines is 1. The van der Waals surface area contributed by atoms with Gasteiger partial charge in [0.1, 0.15) is 0 Å². The van der Waals surface area contributed by atoms with Gasteiger partial charge >= 0.3 is 0 Å². The van der Waals surface area contributed by atoms with Crippen LogP contribution in [0.15, 0.2) is 30.5 Å². The van der Waals surface area contributed by atoms with E-state index in [1.807, 2.05) is 25.2 Å². The van der Waals surface area contributed by atoms with Crippen molar-refractivity contribution in [3.05, 3.63) is 47.3 Å². The summed E-state index contributed by atoms with van der Waals surface area (Å²) in [7, 11) is 1.87. The number of amides is 1. The molecule has 0 aliphatic carbocycles. The highest BCUT2D eigenvalue weighted by Crippen LogP contribution is 2.25. The Morgan fingerprint density at radius 1 is 1.45 bits per heavy atom. The number of carbonyl (C=O) groups is 1. The molecular formula is C15H18N4O. The molecule has 1 aliphatic rings. The normalized spacial score (nSPS) is 13.4. The molecule has 5 heteroatoms. The number of benzene rings is 1. The Hall–Kier alpha value is -2.30. The van der Waals surface area contributed by atoms with Crippen LogP contribution in [0.3, 0.4) is 0 Å². The summed E-state index contributed by atoms with van der Waals surface area (Å²) in [6, 6.07) is 7.80. The molecule has 2 aromatic rings. The van der Waals surface area contributed by atoms with Crippen molar-refractivity contribution in [2.75, 3.05) is 11.9 Å². The van der Waals surface area contributed by atoms with Crippen molar-refractivity contribution in [3.63, 3.8) is 0 Å². The highest BCUT2D eigenvalue weighted by atomic mass is 16.1. The van der Waals surface area contributed by atoms with E-state index in [0.717, 1.165) is 36.3 Å². The molecule has 0 spiro atoms. The van der Waals surface area contributed by atoms with Crippen molar-refractivity contribution in [2.45, 2.75) is 19.4 Å². The van der Waals surface area contributed by atoms with Gasteiger partial charge in [0.25, 0.3) is 5.91 Å². The minimum Gasteiger partial charge on any atom is -0.384 e. The second-order valence-corrected chi connectivity index (χ2v) is 5.00. The van der Waals surface area contributed by atoms with Crippen molar-refractivity contribution in [2.24, 2.45) is 7.05 Å². The number of aromatic nitrogens is 2. The van der Waals surface area contributed by atoms with E-state index in [9.17, 15) is 4.79 Å². The fourth-order valence-corrected chi connectivity index (χ4v) is 2.54. The van der Waals surface area contributed by atoms with E-state index >= 15 is 0 Å². The SMILES string of the molecule is Cn1nccc1CNC(=O)c1cccc2c1NCCC2. The first-order valence-electron chi connectivity index (χ1n) is 6.86. The highest BCUT2D eigenvalue weighted by molar-refractivity contribution is 6.00. The van der Waals surface area contributed by atoms with Crippen LogP contribution in [0.2, 0.25) is 0 Å². The van der Waals surface area contributed by atoms with E-state index in [2.05, 4.69) is 21.8 Å². The summed E-state index contributed by atoms with van der Waals surface area (Å²) >= 11 is 0. The first-order chi connectivity index (χ1) is 9.75. The van der Waals surface area contributed by atoms with Crippen LogP contribution in [0.25, 0.3) is 0 Å². The monoisotopic (exact) mass is 270 g/mol. The third kappa shape index (κ3) is 2.39. The molecule has 5 nitrogen and oxygen atoms in total. The Morgan fingerprint density at radius 3 is 3.15 bits per heavy atom. The maximum atomic E-state index is 12.3. The van der Waals surface area contributed by atoms with Crippen LogP contribution in [0, 0.1) is 0 Å². The molecule has 1 aromatic heterocycles. The molecular weight excluding hydrogens is 252 g/mol. The number of nitrogens with one attached hydrogen (secondary N) is 2. The average molecular weight is 270 g/mol. The van der Waals surface area contributed by atoms with Gasteiger partial charge < -0.3 is 10.6 Å². The third-order valence-corrected chi connectivity index (χ3v) is 3.67. The number of rotatable bonds is 3. The van der Waals surface area contributed by atoms with Gasteiger partial charge in [0.05, 0.1) is 23.5 Å². The van der Waals surface area contributed by atoms with Gasteiger partial charge in [-0.1, -0.05) is 12.1 Å². The average Bonchev–Trinajstić information content (AvgIpc) is 2.89. The molecule has 0 radical (unpaired) electrons. The standard InChI is InChI=1S/C15H18N4O/c1-19-12(7-9-18-19)10-17-15(20)13-6-2-4-11-5-3-8-16-14(11)13/h2,4,6-7,9,16H,3,5,8,10H2,1H3,(H,17,20). The number of aryl methyl sites for hydroxylation is 2. The molecule has 20 heavy (non-hydrogen) atoms. The minimum absolute atomic E-state index is 0.0440. The summed E-state index contributed by atoms with van der Waals surface area (Å²) in [5.41, 5.74) is 3.92. The zero-order valence-corrected chi connectivity index (χ0v) is 11.5. The Labute approximate surface area is 118 Å². The number of fused-ring (bicyclic) bond motifs is 1. The number of hydrogen-bond donors (Lipinski definition) is 2. The molecule has 0 atom stereocenters. The van der Waals surface area contributed by atoms with E-state index in [4.69, 9.17) is 0 Å². The summed E-state index contributed by atoms with van der Waals surface area (Å²) in [4.78, 5) is 12.3. The molecule has 104 valence electrons. The van der Waals surface area contributed by atoms with E-state index < -0.39 is 0 Å². The number of hydrogen-bond acceptors (Lipinski definition) is 3. The molecule has 2 N–H and O–H groups in total. The maximum absolute atomic E-state index is 12.3. The quantitative estimate of drug-likeness (QED) is 0.892. The van der Waals surface area contributed by atoms with Crippen molar-refractivity contribution < 1.29 is 4.79 Å². The van der Waals surface area contributed by atoms with Crippen LogP contribution in [0.5, 0.6) is 0 Å². The first-order valence-corrected chi connectivity index (χ1v) is 6.86. The molecule has 2 heterocycles. The maximum Gasteiger partial charge on any atom is 0.253 e. The summed E-state index contributed by atoms with van der Waals surface area (Å²) in [6.45, 7) is 1.41. The van der Waals surface area contributed by atoms with Gasteiger partial charge in [-0.05, 0) is 30.5 Å². The summed E-state index contributed by atoms with van der Waals surface area (Å²) in [5, 5.41) is 10.4. The Bertz CT molecular complexity index is 633. The molecule has 0 saturated heterocycles. The van der Waals surface area contributed by atoms with E-state index in [1.165, 1.54) is 5.56 Å². The predicted molar refractivity (Wildman–Crippen MR) is 77.6 cm³/mol. The molecule has 1 aromatic carbocycles. The van der Waals surface area contributed by atoms with Crippen LogP contribution >= 0.6 is 0 Å². The van der Waals surface area contributed by atoms with Gasteiger partial charge in [-0.25, -0.2) is 0 Å². The summed E-state index contributed by atoms with van der Waals surface area (Å²) in [5.74, 6) is -0.0440. The lowest BCUT2D eigenvalue weighted by molar-refractivity contribution is 0.0950. The van der Waals surface area contributed by atoms with Crippen LogP contribution in [-0.2, 0) is 20.0 Å². The van der Waals surface area contributed by atoms with Gasteiger partial charge in [-0.3, -0.25) is 9.48 Å². The second-order valence-electron chi connectivity index (χ2n) is 5.00. The lowest BCUT2D eigenvalue weighted by Gasteiger charge is -2.20. The van der Waals surface area contributed by atoms with Crippen LogP contribution < -0.4 is 10.6 Å². The zero-order chi connectivity index (χ0) is 13.9. The Balaban J connectivity index is 1.76. The van der Waals surface area contributed by atoms with Crippen molar-refractivity contribution in [1.82, 2.24) is 15.1 Å². The van der Waals surface area contributed by atoms with E-state index in [0.29, 0.717) is 6.54 Å². The van der Waals surface area contributed by atoms with Gasteiger partial charge in [-0.15, -0.1) is 0 Å². The van der Waals surface area contributed by atoms with Crippen LogP contribution in [-0.4, -0.2) is 22.2 Å². The fourth-order valence-electron chi connectivity index (χ4n) is 2.54. The molecule has 1 aliphatic heterocycles. The van der Waals surface area contributed by atoms with Crippen molar-refractivity contribution in [3.8, 4) is 0 Å². The summed E-state index contributed by atoms with van der Waals surface area (Å²) < 4.78 is 1.76. The van der Waals surface area contributed by atoms with Crippen LogP contribution in [0.1, 0.15) is 28.0 Å². The Kier molecular flexibility index (Phi) is 3.41. The smallest absolute Gasteiger partial charge is 0.253 e. The number of carbonyl (C=O) groups excluding carboxylic acids is 1. The second kappa shape index (κ2) is 5.36. The molecule has 0 saturated carbocycles. The fraction of sp³-hybridized carbons (Fsp3) is 0.333. The van der Waals surface area contributed by atoms with Crippen LogP contribution in [0.4, 0.5) is 5.69 Å². The molecule has 0 fully saturated rings. The topological polar surface area (TPSA) is 59.0 Å². The number of para-hydroxylation sites is 1. The van der Waals surface area contributed by atoms with Gasteiger partial charge in [-0.2, -0.15) is 5.10 Å². The lowest BCUT2D eigenvalue weighted by Crippen LogP contribution is -2.26. The van der Waals surface area contributed by atoms with Gasteiger partial charge in [0, 0.05) is 19.8 Å².